The molecular weight excluding hydrogens is 699 g/mol. The van der Waals surface area contributed by atoms with Crippen LogP contribution in [-0.4, -0.2) is 0 Å². The fourth-order valence-corrected chi connectivity index (χ4v) is 10.1. The second-order valence-electron chi connectivity index (χ2n) is 15.4. The van der Waals surface area contributed by atoms with Crippen molar-refractivity contribution in [2.24, 2.45) is 0 Å². The lowest BCUT2D eigenvalue weighted by molar-refractivity contribution is 0.486. The molecule has 0 saturated carbocycles. The molecule has 272 valence electrons. The molecule has 4 heteroatoms. The highest BCUT2D eigenvalue weighted by Crippen LogP contribution is 2.57. The Labute approximate surface area is 329 Å². The van der Waals surface area contributed by atoms with Crippen LogP contribution in [-0.2, 0) is 5.41 Å². The number of nitrogens with zero attached hydrogens (tertiary/aromatic N) is 1. The fraction of sp³-hybridized carbons (Fsp3) is 0.0943. The minimum Gasteiger partial charge on any atom is -0.456 e. The molecule has 0 bridgehead atoms. The summed E-state index contributed by atoms with van der Waals surface area (Å²) in [4.78, 5) is 2.39. The molecule has 1 aliphatic carbocycles. The van der Waals surface area contributed by atoms with Gasteiger partial charge in [0.05, 0.1) is 22.1 Å². The Balaban J connectivity index is 1.07. The van der Waals surface area contributed by atoms with Crippen LogP contribution in [0, 0.1) is 0 Å². The third-order valence-corrected chi connectivity index (χ3v) is 12.7. The van der Waals surface area contributed by atoms with Crippen molar-refractivity contribution in [3.8, 4) is 22.3 Å². The van der Waals surface area contributed by atoms with E-state index >= 15 is 0 Å². The highest BCUT2D eigenvalue weighted by molar-refractivity contribution is 6.18. The van der Waals surface area contributed by atoms with E-state index in [1.807, 2.05) is 24.3 Å². The molecule has 0 spiro atoms. The zero-order valence-electron chi connectivity index (χ0n) is 31.7. The lowest BCUT2D eigenvalue weighted by Gasteiger charge is -2.30. The minimum absolute atomic E-state index is 0.173. The van der Waals surface area contributed by atoms with Gasteiger partial charge in [0.2, 0.25) is 0 Å². The lowest BCUT2D eigenvalue weighted by atomic mass is 9.73. The van der Waals surface area contributed by atoms with E-state index in [1.54, 1.807) is 0 Å². The van der Waals surface area contributed by atoms with Gasteiger partial charge < -0.3 is 18.2 Å². The van der Waals surface area contributed by atoms with E-state index in [0.29, 0.717) is 0 Å². The van der Waals surface area contributed by atoms with Gasteiger partial charge in [-0.25, -0.2) is 0 Å². The van der Waals surface area contributed by atoms with Gasteiger partial charge >= 0.3 is 0 Å². The van der Waals surface area contributed by atoms with Crippen molar-refractivity contribution in [2.75, 3.05) is 4.90 Å². The van der Waals surface area contributed by atoms with E-state index in [9.17, 15) is 0 Å². The Hall–Kier alpha value is -7.04. The van der Waals surface area contributed by atoms with Crippen LogP contribution in [0.5, 0.6) is 0 Å². The molecule has 0 aliphatic heterocycles. The molecule has 57 heavy (non-hydrogen) atoms. The minimum atomic E-state index is -0.173. The van der Waals surface area contributed by atoms with Crippen LogP contribution in [0.3, 0.4) is 0 Å². The van der Waals surface area contributed by atoms with Crippen LogP contribution in [0.2, 0.25) is 0 Å². The maximum absolute atomic E-state index is 6.71. The summed E-state index contributed by atoms with van der Waals surface area (Å²) in [6.45, 7) is 4.66. The summed E-state index contributed by atoms with van der Waals surface area (Å²) in [5.74, 6) is 0. The molecule has 0 atom stereocenters. The van der Waals surface area contributed by atoms with Crippen LogP contribution in [0.1, 0.15) is 37.8 Å². The van der Waals surface area contributed by atoms with Crippen molar-refractivity contribution in [1.29, 1.82) is 0 Å². The van der Waals surface area contributed by atoms with Gasteiger partial charge in [0.25, 0.3) is 0 Å². The average Bonchev–Trinajstić information content (AvgIpc) is 4.02. The van der Waals surface area contributed by atoms with Gasteiger partial charge in [0.15, 0.2) is 0 Å². The molecule has 0 N–H and O–H groups in total. The molecule has 0 radical (unpaired) electrons. The SMILES string of the molecule is CCC1(CC)c2cc(-c3cccc(N(c4cccc5oc6ccccc6c45)c4cccc5oc6ccccc6c45)c3)ccc2-c2ccc3c(oc4ccccc43)c21. The van der Waals surface area contributed by atoms with Crippen molar-refractivity contribution in [3.63, 3.8) is 0 Å². The fourth-order valence-electron chi connectivity index (χ4n) is 10.1. The van der Waals surface area contributed by atoms with Crippen molar-refractivity contribution in [3.05, 3.63) is 175 Å². The van der Waals surface area contributed by atoms with Crippen molar-refractivity contribution in [2.45, 2.75) is 32.1 Å². The first kappa shape index (κ1) is 32.2. The number of rotatable bonds is 6. The van der Waals surface area contributed by atoms with E-state index in [4.69, 9.17) is 13.3 Å². The third kappa shape index (κ3) is 4.44. The van der Waals surface area contributed by atoms with Crippen LogP contribution in [0.4, 0.5) is 17.1 Å². The van der Waals surface area contributed by atoms with Crippen molar-refractivity contribution in [1.82, 2.24) is 0 Å². The largest absolute Gasteiger partial charge is 0.456 e. The second kappa shape index (κ2) is 12.0. The molecule has 0 saturated heterocycles. The number of para-hydroxylation sites is 3. The van der Waals surface area contributed by atoms with Gasteiger partial charge in [-0.15, -0.1) is 0 Å². The molecule has 8 aromatic carbocycles. The van der Waals surface area contributed by atoms with E-state index in [1.165, 1.54) is 38.6 Å². The maximum atomic E-state index is 6.71. The molecule has 0 amide bonds. The standard InChI is InChI=1S/C53H37NO3/c1-3-53(4-2)41-31-33(26-27-35(41)37-28-29-38-36-16-5-8-21-44(36)57-52(38)51(37)53)32-14-11-15-34(30-32)54(42-19-12-24-47-49(42)39-17-6-9-22-45(39)55-47)43-20-13-25-48-50(43)40-18-7-10-23-46(40)56-48/h5-31H,3-4H2,1-2H3. The molecule has 11 aromatic rings. The first-order valence-electron chi connectivity index (χ1n) is 20.0. The van der Waals surface area contributed by atoms with Gasteiger partial charge in [0, 0.05) is 38.2 Å². The Kier molecular flexibility index (Phi) is 6.77. The Morgan fingerprint density at radius 3 is 1.63 bits per heavy atom. The molecule has 4 nitrogen and oxygen atoms in total. The number of fused-ring (bicyclic) bond motifs is 13. The highest BCUT2D eigenvalue weighted by atomic mass is 16.3. The summed E-state index contributed by atoms with van der Waals surface area (Å²) in [6, 6.07) is 58.4. The quantitative estimate of drug-likeness (QED) is 0.171. The zero-order chi connectivity index (χ0) is 37.8. The predicted octanol–water partition coefficient (Wildman–Crippen LogP) is 15.6. The highest BCUT2D eigenvalue weighted by Gasteiger charge is 2.43. The van der Waals surface area contributed by atoms with Crippen LogP contribution < -0.4 is 4.90 Å². The number of furan rings is 3. The van der Waals surface area contributed by atoms with E-state index < -0.39 is 0 Å². The number of hydrogen-bond donors (Lipinski definition) is 0. The van der Waals surface area contributed by atoms with E-state index in [0.717, 1.165) is 90.5 Å². The zero-order valence-corrected chi connectivity index (χ0v) is 31.7. The molecule has 3 aromatic heterocycles. The van der Waals surface area contributed by atoms with Crippen molar-refractivity contribution < 1.29 is 13.3 Å². The number of benzene rings is 8. The first-order valence-corrected chi connectivity index (χ1v) is 20.0. The Morgan fingerprint density at radius 2 is 0.982 bits per heavy atom. The van der Waals surface area contributed by atoms with Crippen LogP contribution in [0.25, 0.3) is 88.1 Å². The maximum Gasteiger partial charge on any atom is 0.140 e. The third-order valence-electron chi connectivity index (χ3n) is 12.7. The summed E-state index contributed by atoms with van der Waals surface area (Å²) in [5.41, 5.74) is 16.0. The normalized spacial score (nSPS) is 13.4. The topological polar surface area (TPSA) is 42.7 Å². The summed E-state index contributed by atoms with van der Waals surface area (Å²) < 4.78 is 19.6. The van der Waals surface area contributed by atoms with Crippen molar-refractivity contribution >= 4 is 82.9 Å². The van der Waals surface area contributed by atoms with E-state index in [2.05, 4.69) is 158 Å². The molecule has 1 aliphatic rings. The summed E-state index contributed by atoms with van der Waals surface area (Å²) in [5, 5.41) is 6.68. The number of hydrogen-bond acceptors (Lipinski definition) is 4. The lowest BCUT2D eigenvalue weighted by Crippen LogP contribution is -2.23. The summed E-state index contributed by atoms with van der Waals surface area (Å²) in [7, 11) is 0. The van der Waals surface area contributed by atoms with Gasteiger partial charge in [0.1, 0.15) is 33.5 Å². The summed E-state index contributed by atoms with van der Waals surface area (Å²) in [6.07, 6.45) is 1.95. The van der Waals surface area contributed by atoms with E-state index in [-0.39, 0.29) is 5.41 Å². The summed E-state index contributed by atoms with van der Waals surface area (Å²) >= 11 is 0. The predicted molar refractivity (Wildman–Crippen MR) is 235 cm³/mol. The monoisotopic (exact) mass is 735 g/mol. The molecule has 0 fully saturated rings. The second-order valence-corrected chi connectivity index (χ2v) is 15.4. The van der Waals surface area contributed by atoms with Gasteiger partial charge in [-0.3, -0.25) is 0 Å². The molecule has 12 rings (SSSR count). The van der Waals surface area contributed by atoms with Gasteiger partial charge in [-0.05, 0) is 107 Å². The van der Waals surface area contributed by atoms with Crippen LogP contribution in [0.15, 0.2) is 177 Å². The smallest absolute Gasteiger partial charge is 0.140 e. The Morgan fingerprint density at radius 1 is 0.439 bits per heavy atom. The Bertz CT molecular complexity index is 3300. The first-order chi connectivity index (χ1) is 28.1. The number of anilines is 3. The van der Waals surface area contributed by atoms with Gasteiger partial charge in [-0.2, -0.15) is 0 Å². The average molecular weight is 736 g/mol. The molecule has 0 unspecified atom stereocenters. The van der Waals surface area contributed by atoms with Gasteiger partial charge in [-0.1, -0.05) is 111 Å². The molecule has 3 heterocycles. The van der Waals surface area contributed by atoms with Crippen LogP contribution >= 0.6 is 0 Å². The molecular formula is C53H37NO3.